The lowest BCUT2D eigenvalue weighted by Gasteiger charge is -2.30. The molecule has 154 valence electrons. The highest BCUT2D eigenvalue weighted by Gasteiger charge is 2.26. The van der Waals surface area contributed by atoms with E-state index in [9.17, 15) is 9.18 Å². The average molecular weight is 399 g/mol. The van der Waals surface area contributed by atoms with Crippen molar-refractivity contribution in [1.82, 2.24) is 15.2 Å². The number of amides is 2. The van der Waals surface area contributed by atoms with Gasteiger partial charge in [0.05, 0.1) is 12.6 Å². The van der Waals surface area contributed by atoms with Crippen molar-refractivity contribution in [2.75, 3.05) is 19.9 Å². The molecule has 3 heterocycles. The smallest absolute Gasteiger partial charge is 0.317 e. The lowest BCUT2D eigenvalue weighted by Crippen LogP contribution is -2.42. The largest absolute Gasteiger partial charge is 0.467 e. The first kappa shape index (κ1) is 19.6. The molecule has 1 fully saturated rings. The third-order valence-electron chi connectivity index (χ3n) is 5.53. The fourth-order valence-electron chi connectivity index (χ4n) is 4.13. The van der Waals surface area contributed by atoms with Crippen LogP contribution in [-0.2, 0) is 17.8 Å². The van der Waals surface area contributed by atoms with Gasteiger partial charge in [-0.05, 0) is 54.7 Å². The van der Waals surface area contributed by atoms with Crippen LogP contribution in [0.25, 0.3) is 0 Å². The van der Waals surface area contributed by atoms with Crippen molar-refractivity contribution in [2.45, 2.75) is 44.8 Å². The molecule has 1 atom stereocenters. The van der Waals surface area contributed by atoms with E-state index in [4.69, 9.17) is 9.47 Å². The number of likely N-dealkylation sites (tertiary alicyclic amines) is 1. The maximum absolute atomic E-state index is 13.9. The van der Waals surface area contributed by atoms with Gasteiger partial charge in [0.2, 0.25) is 0 Å². The number of benzene rings is 1. The Bertz CT molecular complexity index is 847. The molecule has 2 aliphatic rings. The molecule has 0 saturated carbocycles. The minimum absolute atomic E-state index is 0.0583. The topological polar surface area (TPSA) is 63.7 Å². The highest BCUT2D eigenvalue weighted by atomic mass is 19.1. The summed E-state index contributed by atoms with van der Waals surface area (Å²) in [5.41, 5.74) is 2.58. The summed E-state index contributed by atoms with van der Waals surface area (Å²) < 4.78 is 24.7. The number of halogens is 1. The summed E-state index contributed by atoms with van der Waals surface area (Å²) in [6.45, 7) is 1.65. The van der Waals surface area contributed by atoms with Crippen LogP contribution in [0.5, 0.6) is 5.75 Å². The van der Waals surface area contributed by atoms with Crippen molar-refractivity contribution in [2.24, 2.45) is 0 Å². The van der Waals surface area contributed by atoms with Gasteiger partial charge in [0, 0.05) is 31.0 Å². The number of pyridine rings is 1. The zero-order valence-electron chi connectivity index (χ0n) is 16.4. The summed E-state index contributed by atoms with van der Waals surface area (Å²) in [7, 11) is 0. The van der Waals surface area contributed by atoms with E-state index in [2.05, 4.69) is 10.3 Å². The number of aromatic nitrogens is 1. The SMILES string of the molecule is O=C(NCCc1cc(F)cc2c1OCOC2)N1CCCCCC1c1ccncc1. The first-order chi connectivity index (χ1) is 14.2. The van der Waals surface area contributed by atoms with E-state index < -0.39 is 0 Å². The van der Waals surface area contributed by atoms with Crippen molar-refractivity contribution in [3.05, 3.63) is 59.2 Å². The predicted octanol–water partition coefficient (Wildman–Crippen LogP) is 3.96. The number of hydrogen-bond donors (Lipinski definition) is 1. The van der Waals surface area contributed by atoms with Crippen molar-refractivity contribution >= 4 is 6.03 Å². The molecule has 29 heavy (non-hydrogen) atoms. The molecule has 1 aromatic carbocycles. The van der Waals surface area contributed by atoms with Crippen LogP contribution in [0.2, 0.25) is 0 Å². The Balaban J connectivity index is 1.42. The molecule has 1 N–H and O–H groups in total. The molecule has 1 saturated heterocycles. The minimum atomic E-state index is -0.315. The number of carbonyl (C=O) groups excluding carboxylic acids is 1. The highest BCUT2D eigenvalue weighted by Crippen LogP contribution is 2.31. The van der Waals surface area contributed by atoms with Crippen LogP contribution in [0.4, 0.5) is 9.18 Å². The zero-order chi connectivity index (χ0) is 20.1. The van der Waals surface area contributed by atoms with Crippen molar-refractivity contribution < 1.29 is 18.7 Å². The average Bonchev–Trinajstić information content (AvgIpc) is 3.00. The predicted molar refractivity (Wildman–Crippen MR) is 106 cm³/mol. The molecular formula is C22H26FN3O3. The van der Waals surface area contributed by atoms with Crippen LogP contribution in [0.15, 0.2) is 36.7 Å². The van der Waals surface area contributed by atoms with Crippen LogP contribution in [-0.4, -0.2) is 35.8 Å². The maximum Gasteiger partial charge on any atom is 0.317 e. The van der Waals surface area contributed by atoms with Crippen LogP contribution >= 0.6 is 0 Å². The quantitative estimate of drug-likeness (QED) is 0.845. The molecular weight excluding hydrogens is 373 g/mol. The molecule has 0 aliphatic carbocycles. The number of nitrogens with one attached hydrogen (secondary N) is 1. The Morgan fingerprint density at radius 1 is 1.24 bits per heavy atom. The number of hydrogen-bond acceptors (Lipinski definition) is 4. The Labute approximate surface area is 170 Å². The van der Waals surface area contributed by atoms with E-state index in [1.807, 2.05) is 17.0 Å². The Kier molecular flexibility index (Phi) is 6.24. The van der Waals surface area contributed by atoms with E-state index in [0.29, 0.717) is 30.9 Å². The molecule has 2 aromatic rings. The van der Waals surface area contributed by atoms with Gasteiger partial charge in [0.15, 0.2) is 6.79 Å². The van der Waals surface area contributed by atoms with Gasteiger partial charge in [-0.15, -0.1) is 0 Å². The number of fused-ring (bicyclic) bond motifs is 1. The van der Waals surface area contributed by atoms with Crippen LogP contribution in [0, 0.1) is 5.82 Å². The van der Waals surface area contributed by atoms with Crippen molar-refractivity contribution in [3.8, 4) is 5.75 Å². The summed E-state index contributed by atoms with van der Waals surface area (Å²) in [5, 5.41) is 3.02. The van der Waals surface area contributed by atoms with Crippen LogP contribution < -0.4 is 10.1 Å². The number of rotatable bonds is 4. The van der Waals surface area contributed by atoms with Gasteiger partial charge in [0.1, 0.15) is 11.6 Å². The van der Waals surface area contributed by atoms with E-state index in [0.717, 1.165) is 43.4 Å². The fraction of sp³-hybridized carbons (Fsp3) is 0.455. The van der Waals surface area contributed by atoms with E-state index in [-0.39, 0.29) is 24.7 Å². The van der Waals surface area contributed by atoms with E-state index in [1.54, 1.807) is 12.4 Å². The van der Waals surface area contributed by atoms with Gasteiger partial charge in [-0.3, -0.25) is 4.98 Å². The molecule has 2 aliphatic heterocycles. The number of carbonyl (C=O) groups is 1. The van der Waals surface area contributed by atoms with Crippen molar-refractivity contribution in [3.63, 3.8) is 0 Å². The van der Waals surface area contributed by atoms with E-state index in [1.165, 1.54) is 12.1 Å². The summed E-state index contributed by atoms with van der Waals surface area (Å²) in [6, 6.07) is 6.85. The van der Waals surface area contributed by atoms with Crippen LogP contribution in [0.3, 0.4) is 0 Å². The highest BCUT2D eigenvalue weighted by molar-refractivity contribution is 5.74. The Morgan fingerprint density at radius 3 is 2.97 bits per heavy atom. The summed E-state index contributed by atoms with van der Waals surface area (Å²) >= 11 is 0. The molecule has 0 radical (unpaired) electrons. The molecule has 0 spiro atoms. The lowest BCUT2D eigenvalue weighted by molar-refractivity contribution is -0.0172. The second-order valence-electron chi connectivity index (χ2n) is 7.48. The maximum atomic E-state index is 13.9. The standard InChI is InChI=1S/C22H26FN3O3/c23-19-12-17(21-18(13-19)14-28-15-29-21)7-10-25-22(27)26-11-3-1-2-4-20(26)16-5-8-24-9-6-16/h5-6,8-9,12-13,20H,1-4,7,10-11,14-15H2,(H,25,27). The molecule has 0 bridgehead atoms. The van der Waals surface area contributed by atoms with Gasteiger partial charge in [0.25, 0.3) is 0 Å². The van der Waals surface area contributed by atoms with Gasteiger partial charge in [-0.1, -0.05) is 12.8 Å². The first-order valence-electron chi connectivity index (χ1n) is 10.2. The molecule has 7 heteroatoms. The van der Waals surface area contributed by atoms with Gasteiger partial charge >= 0.3 is 6.03 Å². The summed E-state index contributed by atoms with van der Waals surface area (Å²) in [4.78, 5) is 19.0. The molecule has 6 nitrogen and oxygen atoms in total. The van der Waals surface area contributed by atoms with E-state index >= 15 is 0 Å². The molecule has 1 aromatic heterocycles. The Hall–Kier alpha value is -2.67. The monoisotopic (exact) mass is 399 g/mol. The first-order valence-corrected chi connectivity index (χ1v) is 10.2. The number of ether oxygens (including phenoxy) is 2. The lowest BCUT2D eigenvalue weighted by atomic mass is 10.0. The Morgan fingerprint density at radius 2 is 2.10 bits per heavy atom. The van der Waals surface area contributed by atoms with Gasteiger partial charge in [-0.2, -0.15) is 0 Å². The number of nitrogens with zero attached hydrogens (tertiary/aromatic N) is 2. The van der Waals surface area contributed by atoms with Crippen molar-refractivity contribution in [1.29, 1.82) is 0 Å². The van der Waals surface area contributed by atoms with Gasteiger partial charge < -0.3 is 19.7 Å². The number of urea groups is 1. The third kappa shape index (κ3) is 4.67. The molecule has 1 unspecified atom stereocenters. The summed E-state index contributed by atoms with van der Waals surface area (Å²) in [5.74, 6) is 0.362. The second-order valence-corrected chi connectivity index (χ2v) is 7.48. The van der Waals surface area contributed by atoms with Gasteiger partial charge in [-0.25, -0.2) is 9.18 Å². The fourth-order valence-corrected chi connectivity index (χ4v) is 4.13. The second kappa shape index (κ2) is 9.22. The third-order valence-corrected chi connectivity index (χ3v) is 5.53. The van der Waals surface area contributed by atoms with Crippen LogP contribution in [0.1, 0.15) is 48.4 Å². The zero-order valence-corrected chi connectivity index (χ0v) is 16.4. The molecule has 2 amide bonds. The normalized spacial score (nSPS) is 19.1. The summed E-state index contributed by atoms with van der Waals surface area (Å²) in [6.07, 6.45) is 8.22. The molecule has 4 rings (SSSR count). The minimum Gasteiger partial charge on any atom is -0.467 e.